The summed E-state index contributed by atoms with van der Waals surface area (Å²) in [5, 5.41) is 0. The van der Waals surface area contributed by atoms with Crippen LogP contribution < -0.4 is 0 Å². The van der Waals surface area contributed by atoms with Gasteiger partial charge in [0.05, 0.1) is 25.4 Å². The van der Waals surface area contributed by atoms with Gasteiger partial charge in [-0.2, -0.15) is 0 Å². The fourth-order valence-corrected chi connectivity index (χ4v) is 3.94. The number of ether oxygens (including phenoxy) is 2. The van der Waals surface area contributed by atoms with Crippen LogP contribution in [0.2, 0.25) is 0 Å². The van der Waals surface area contributed by atoms with Crippen LogP contribution in [-0.2, 0) is 16.1 Å². The zero-order chi connectivity index (χ0) is 16.8. The Bertz CT molecular complexity index is 481. The highest BCUT2D eigenvalue weighted by Crippen LogP contribution is 2.32. The molecule has 2 heterocycles. The molecule has 24 heavy (non-hydrogen) atoms. The highest BCUT2D eigenvalue weighted by molar-refractivity contribution is 5.07. The molecule has 0 aromatic carbocycles. The molecule has 0 radical (unpaired) electrons. The Morgan fingerprint density at radius 2 is 2.21 bits per heavy atom. The summed E-state index contributed by atoms with van der Waals surface area (Å²) in [6.07, 6.45) is 6.40. The molecule has 1 saturated carbocycles. The van der Waals surface area contributed by atoms with Crippen molar-refractivity contribution >= 4 is 0 Å². The van der Waals surface area contributed by atoms with Gasteiger partial charge in [-0.3, -0.25) is 9.88 Å². The number of hydrogen-bond donors (Lipinski definition) is 0. The molecular formula is C19H31N3O2. The molecule has 1 aromatic rings. The molecule has 0 amide bonds. The van der Waals surface area contributed by atoms with Crippen molar-refractivity contribution < 1.29 is 9.47 Å². The van der Waals surface area contributed by atoms with Gasteiger partial charge in [0.1, 0.15) is 0 Å². The van der Waals surface area contributed by atoms with Crippen molar-refractivity contribution in [1.29, 1.82) is 0 Å². The minimum atomic E-state index is 0.214. The molecule has 2 aliphatic rings. The average molecular weight is 333 g/mol. The fraction of sp³-hybridized carbons (Fsp3) is 0.737. The van der Waals surface area contributed by atoms with Gasteiger partial charge in [-0.1, -0.05) is 19.9 Å². The minimum absolute atomic E-state index is 0.214. The second kappa shape index (κ2) is 8.90. The summed E-state index contributed by atoms with van der Waals surface area (Å²) in [6, 6.07) is 4.55. The van der Waals surface area contributed by atoms with E-state index in [0.29, 0.717) is 12.6 Å². The summed E-state index contributed by atoms with van der Waals surface area (Å²) in [7, 11) is 0. The maximum atomic E-state index is 6.17. The highest BCUT2D eigenvalue weighted by Gasteiger charge is 2.43. The fourth-order valence-electron chi connectivity index (χ4n) is 3.94. The first-order chi connectivity index (χ1) is 11.8. The Labute approximate surface area is 145 Å². The molecule has 0 unspecified atom stereocenters. The number of hydrogen-bond acceptors (Lipinski definition) is 5. The second-order valence-electron chi connectivity index (χ2n) is 6.75. The maximum absolute atomic E-state index is 6.17. The molecule has 1 saturated heterocycles. The number of rotatable bonds is 8. The van der Waals surface area contributed by atoms with E-state index in [1.54, 1.807) is 6.20 Å². The van der Waals surface area contributed by atoms with Crippen LogP contribution in [0.3, 0.4) is 0 Å². The molecule has 1 aliphatic heterocycles. The van der Waals surface area contributed by atoms with E-state index in [1.165, 1.54) is 6.42 Å². The molecule has 5 nitrogen and oxygen atoms in total. The van der Waals surface area contributed by atoms with Gasteiger partial charge >= 0.3 is 0 Å². The van der Waals surface area contributed by atoms with E-state index in [9.17, 15) is 0 Å². The van der Waals surface area contributed by atoms with Crippen molar-refractivity contribution in [3.63, 3.8) is 0 Å². The Kier molecular flexibility index (Phi) is 6.60. The first-order valence-corrected chi connectivity index (χ1v) is 9.40. The van der Waals surface area contributed by atoms with Crippen molar-refractivity contribution in [3.05, 3.63) is 30.1 Å². The number of morpholine rings is 1. The number of pyridine rings is 1. The monoisotopic (exact) mass is 333 g/mol. The van der Waals surface area contributed by atoms with Crippen LogP contribution in [0, 0.1) is 0 Å². The lowest BCUT2D eigenvalue weighted by Gasteiger charge is -2.39. The van der Waals surface area contributed by atoms with Gasteiger partial charge in [0.25, 0.3) is 0 Å². The van der Waals surface area contributed by atoms with E-state index in [4.69, 9.17) is 9.47 Å². The van der Waals surface area contributed by atoms with Crippen LogP contribution in [0.25, 0.3) is 0 Å². The molecule has 1 aliphatic carbocycles. The van der Waals surface area contributed by atoms with E-state index in [-0.39, 0.29) is 12.2 Å². The molecule has 0 spiro atoms. The van der Waals surface area contributed by atoms with Crippen molar-refractivity contribution in [2.75, 3.05) is 39.3 Å². The molecule has 0 bridgehead atoms. The van der Waals surface area contributed by atoms with E-state index in [1.807, 2.05) is 12.3 Å². The molecule has 2 fully saturated rings. The van der Waals surface area contributed by atoms with Crippen LogP contribution in [-0.4, -0.2) is 72.4 Å². The topological polar surface area (TPSA) is 37.8 Å². The van der Waals surface area contributed by atoms with Gasteiger partial charge in [0.2, 0.25) is 0 Å². The van der Waals surface area contributed by atoms with E-state index < -0.39 is 0 Å². The predicted octanol–water partition coefficient (Wildman–Crippen LogP) is 2.17. The smallest absolute Gasteiger partial charge is 0.0992 e. The Morgan fingerprint density at radius 3 is 2.96 bits per heavy atom. The van der Waals surface area contributed by atoms with Crippen molar-refractivity contribution in [3.8, 4) is 0 Å². The molecule has 0 N–H and O–H groups in total. The lowest BCUT2D eigenvalue weighted by atomic mass is 10.1. The third-order valence-corrected chi connectivity index (χ3v) is 5.44. The number of fused-ring (bicyclic) bond motifs is 1. The van der Waals surface area contributed by atoms with Gasteiger partial charge in [-0.15, -0.1) is 0 Å². The van der Waals surface area contributed by atoms with E-state index >= 15 is 0 Å². The molecule has 5 heteroatoms. The van der Waals surface area contributed by atoms with Crippen LogP contribution in [0.1, 0.15) is 32.3 Å². The minimum Gasteiger partial charge on any atom is -0.373 e. The van der Waals surface area contributed by atoms with Gasteiger partial charge in [0.15, 0.2) is 0 Å². The van der Waals surface area contributed by atoms with Crippen LogP contribution in [0.15, 0.2) is 24.5 Å². The van der Waals surface area contributed by atoms with Gasteiger partial charge < -0.3 is 14.4 Å². The zero-order valence-electron chi connectivity index (χ0n) is 15.1. The SMILES string of the molecule is CCN(CC)CCN1CCO[C@H]2[C@@H](OCc3cccnc3)CC[C@@H]21. The quantitative estimate of drug-likeness (QED) is 0.729. The molecule has 3 atom stereocenters. The first-order valence-electron chi connectivity index (χ1n) is 9.40. The van der Waals surface area contributed by atoms with Crippen molar-refractivity contribution in [2.45, 2.75) is 51.5 Å². The Hall–Kier alpha value is -1.01. The molecular weight excluding hydrogens is 302 g/mol. The van der Waals surface area contributed by atoms with Crippen LogP contribution in [0.5, 0.6) is 0 Å². The summed E-state index contributed by atoms with van der Waals surface area (Å²) >= 11 is 0. The summed E-state index contributed by atoms with van der Waals surface area (Å²) < 4.78 is 12.3. The lowest BCUT2D eigenvalue weighted by molar-refractivity contribution is -0.117. The van der Waals surface area contributed by atoms with Gasteiger partial charge in [-0.25, -0.2) is 0 Å². The first kappa shape index (κ1) is 17.8. The Morgan fingerprint density at radius 1 is 1.33 bits per heavy atom. The zero-order valence-corrected chi connectivity index (χ0v) is 15.1. The summed E-state index contributed by atoms with van der Waals surface area (Å²) in [5.41, 5.74) is 1.13. The highest BCUT2D eigenvalue weighted by atomic mass is 16.5. The third-order valence-electron chi connectivity index (χ3n) is 5.44. The standard InChI is InChI=1S/C19H31N3O2/c1-3-21(4-2)10-11-22-12-13-23-19-17(22)7-8-18(19)24-15-16-6-5-9-20-14-16/h5-6,9,14,17-19H,3-4,7-8,10-13,15H2,1-2H3/t17-,18-,19+/m0/s1. The van der Waals surface area contributed by atoms with Gasteiger partial charge in [-0.05, 0) is 37.6 Å². The Balaban J connectivity index is 1.51. The molecule has 3 rings (SSSR count). The number of aromatic nitrogens is 1. The van der Waals surface area contributed by atoms with Crippen molar-refractivity contribution in [1.82, 2.24) is 14.8 Å². The van der Waals surface area contributed by atoms with Crippen molar-refractivity contribution in [2.24, 2.45) is 0 Å². The van der Waals surface area contributed by atoms with Gasteiger partial charge in [0, 0.05) is 38.1 Å². The third kappa shape index (κ3) is 4.33. The molecule has 134 valence electrons. The van der Waals surface area contributed by atoms with Crippen LogP contribution in [0.4, 0.5) is 0 Å². The summed E-state index contributed by atoms with van der Waals surface area (Å²) in [4.78, 5) is 9.28. The normalized spacial score (nSPS) is 27.5. The largest absolute Gasteiger partial charge is 0.373 e. The summed E-state index contributed by atoms with van der Waals surface area (Å²) in [5.74, 6) is 0. The number of likely N-dealkylation sites (N-methyl/N-ethyl adjacent to an activating group) is 1. The van der Waals surface area contributed by atoms with E-state index in [2.05, 4.69) is 34.7 Å². The van der Waals surface area contributed by atoms with Crippen LogP contribution >= 0.6 is 0 Å². The number of nitrogens with zero attached hydrogens (tertiary/aromatic N) is 3. The maximum Gasteiger partial charge on any atom is 0.0992 e. The van der Waals surface area contributed by atoms with E-state index in [0.717, 1.165) is 51.3 Å². The summed E-state index contributed by atoms with van der Waals surface area (Å²) in [6.45, 7) is 11.5. The average Bonchev–Trinajstić information content (AvgIpc) is 3.05. The molecule has 1 aromatic heterocycles. The lowest BCUT2D eigenvalue weighted by Crippen LogP contribution is -2.53. The predicted molar refractivity (Wildman–Crippen MR) is 94.9 cm³/mol. The second-order valence-corrected chi connectivity index (χ2v) is 6.75.